The molecular formula is C22H26FN3O3S2. The number of halogens is 1. The summed E-state index contributed by atoms with van der Waals surface area (Å²) in [5.41, 5.74) is 0.307. The second-order valence-electron chi connectivity index (χ2n) is 6.97. The highest BCUT2D eigenvalue weighted by Crippen LogP contribution is 2.32. The number of hydrogen-bond donors (Lipinski definition) is 0. The van der Waals surface area contributed by atoms with Crippen LogP contribution < -0.4 is 4.90 Å². The topological polar surface area (TPSA) is 70.6 Å². The number of carbonyl (C=O) groups is 1. The maximum absolute atomic E-state index is 14.2. The van der Waals surface area contributed by atoms with E-state index >= 15 is 0 Å². The average molecular weight is 464 g/mol. The van der Waals surface area contributed by atoms with E-state index in [0.29, 0.717) is 22.9 Å². The molecule has 0 aliphatic carbocycles. The molecule has 0 spiro atoms. The number of benzene rings is 2. The summed E-state index contributed by atoms with van der Waals surface area (Å²) in [4.78, 5) is 21.6. The minimum atomic E-state index is -3.60. The Balaban J connectivity index is 2.08. The third-order valence-electron chi connectivity index (χ3n) is 5.20. The predicted molar refractivity (Wildman–Crippen MR) is 123 cm³/mol. The molecule has 0 radical (unpaired) electrons. The van der Waals surface area contributed by atoms with E-state index in [0.717, 1.165) is 13.1 Å². The van der Waals surface area contributed by atoms with Crippen molar-refractivity contribution in [3.05, 3.63) is 53.8 Å². The molecule has 1 heterocycles. The quantitative estimate of drug-likeness (QED) is 0.475. The van der Waals surface area contributed by atoms with Crippen LogP contribution in [-0.2, 0) is 9.84 Å². The van der Waals surface area contributed by atoms with E-state index in [-0.39, 0.29) is 21.7 Å². The van der Waals surface area contributed by atoms with Crippen molar-refractivity contribution in [2.24, 2.45) is 0 Å². The maximum Gasteiger partial charge on any atom is 0.261 e. The highest BCUT2D eigenvalue weighted by atomic mass is 32.2. The monoisotopic (exact) mass is 463 g/mol. The molecule has 1 aromatic heterocycles. The zero-order chi connectivity index (χ0) is 22.6. The molecule has 0 aliphatic rings. The Labute approximate surface area is 186 Å². The molecule has 6 nitrogen and oxygen atoms in total. The van der Waals surface area contributed by atoms with E-state index in [1.165, 1.54) is 34.4 Å². The molecule has 3 rings (SSSR count). The smallest absolute Gasteiger partial charge is 0.261 e. The van der Waals surface area contributed by atoms with Crippen molar-refractivity contribution in [2.45, 2.75) is 25.7 Å². The van der Waals surface area contributed by atoms with Crippen LogP contribution in [0.15, 0.2) is 47.4 Å². The summed E-state index contributed by atoms with van der Waals surface area (Å²) >= 11 is 1.21. The van der Waals surface area contributed by atoms with Gasteiger partial charge in [-0.1, -0.05) is 50.3 Å². The number of fused-ring (bicyclic) bond motifs is 1. The molecule has 0 atom stereocenters. The first-order valence-corrected chi connectivity index (χ1v) is 12.7. The summed E-state index contributed by atoms with van der Waals surface area (Å²) in [7, 11) is -3.60. The molecule has 31 heavy (non-hydrogen) atoms. The van der Waals surface area contributed by atoms with E-state index < -0.39 is 21.6 Å². The van der Waals surface area contributed by atoms with E-state index in [1.807, 2.05) is 13.8 Å². The Morgan fingerprint density at radius 3 is 2.39 bits per heavy atom. The van der Waals surface area contributed by atoms with Gasteiger partial charge in [-0.2, -0.15) is 0 Å². The number of sulfone groups is 1. The summed E-state index contributed by atoms with van der Waals surface area (Å²) in [6.07, 6.45) is 0. The number of carbonyl (C=O) groups excluding carboxylic acids is 1. The van der Waals surface area contributed by atoms with E-state index in [4.69, 9.17) is 0 Å². The Kier molecular flexibility index (Phi) is 7.40. The molecule has 1 amide bonds. The van der Waals surface area contributed by atoms with Crippen LogP contribution in [0.5, 0.6) is 0 Å². The first kappa shape index (κ1) is 23.3. The molecule has 0 bridgehead atoms. The number of amides is 1. The number of rotatable bonds is 9. The predicted octanol–water partition coefficient (Wildman–Crippen LogP) is 4.22. The zero-order valence-corrected chi connectivity index (χ0v) is 19.5. The van der Waals surface area contributed by atoms with Crippen LogP contribution in [0.2, 0.25) is 0 Å². The Morgan fingerprint density at radius 1 is 1.03 bits per heavy atom. The van der Waals surface area contributed by atoms with Crippen LogP contribution >= 0.6 is 11.3 Å². The molecule has 0 saturated heterocycles. The number of thiazole rings is 1. The summed E-state index contributed by atoms with van der Waals surface area (Å²) in [6.45, 7) is 8.13. The molecule has 0 fully saturated rings. The standard InChI is InChI=1S/C22H26FN3O3S2/c1-4-25(5-2)14-15-26(22-24-20-17(23)11-9-12-18(20)30-22)21(27)16-10-7-8-13-19(16)31(28,29)6-3/h7-13H,4-6,14-15H2,1-3H3. The van der Waals surface area contributed by atoms with Gasteiger partial charge in [0.2, 0.25) is 0 Å². The highest BCUT2D eigenvalue weighted by Gasteiger charge is 2.27. The lowest BCUT2D eigenvalue weighted by Crippen LogP contribution is -2.39. The van der Waals surface area contributed by atoms with Crippen molar-refractivity contribution in [2.75, 3.05) is 36.8 Å². The number of nitrogens with zero attached hydrogens (tertiary/aromatic N) is 3. The highest BCUT2D eigenvalue weighted by molar-refractivity contribution is 7.91. The van der Waals surface area contributed by atoms with Gasteiger partial charge in [0.25, 0.3) is 5.91 Å². The fourth-order valence-electron chi connectivity index (χ4n) is 3.30. The second-order valence-corrected chi connectivity index (χ2v) is 10.2. The molecule has 0 unspecified atom stereocenters. The number of aromatic nitrogens is 1. The number of likely N-dealkylation sites (N-methyl/N-ethyl adjacent to an activating group) is 1. The van der Waals surface area contributed by atoms with Gasteiger partial charge in [-0.15, -0.1) is 0 Å². The van der Waals surface area contributed by atoms with Gasteiger partial charge < -0.3 is 4.90 Å². The van der Waals surface area contributed by atoms with Crippen LogP contribution in [0.25, 0.3) is 10.2 Å². The van der Waals surface area contributed by atoms with E-state index in [2.05, 4.69) is 9.88 Å². The van der Waals surface area contributed by atoms with Crippen molar-refractivity contribution in [1.29, 1.82) is 0 Å². The van der Waals surface area contributed by atoms with Gasteiger partial charge in [0.05, 0.1) is 20.9 Å². The first-order chi connectivity index (χ1) is 14.8. The molecule has 166 valence electrons. The molecule has 0 N–H and O–H groups in total. The second kappa shape index (κ2) is 9.84. The minimum absolute atomic E-state index is 0.00244. The number of anilines is 1. The van der Waals surface area contributed by atoms with Crippen molar-refractivity contribution < 1.29 is 17.6 Å². The molecular weight excluding hydrogens is 437 g/mol. The van der Waals surface area contributed by atoms with Crippen molar-refractivity contribution in [1.82, 2.24) is 9.88 Å². The summed E-state index contributed by atoms with van der Waals surface area (Å²) in [5, 5.41) is 0.348. The van der Waals surface area contributed by atoms with Crippen molar-refractivity contribution in [3.63, 3.8) is 0 Å². The van der Waals surface area contributed by atoms with Crippen LogP contribution in [0.1, 0.15) is 31.1 Å². The normalized spacial score (nSPS) is 11.9. The average Bonchev–Trinajstić information content (AvgIpc) is 3.22. The van der Waals surface area contributed by atoms with Gasteiger partial charge in [-0.05, 0) is 37.4 Å². The lowest BCUT2D eigenvalue weighted by molar-refractivity contribution is 0.0980. The van der Waals surface area contributed by atoms with Crippen LogP contribution in [0, 0.1) is 5.82 Å². The van der Waals surface area contributed by atoms with E-state index in [9.17, 15) is 17.6 Å². The van der Waals surface area contributed by atoms with Crippen molar-refractivity contribution >= 4 is 42.4 Å². The van der Waals surface area contributed by atoms with Crippen LogP contribution in [0.4, 0.5) is 9.52 Å². The Hall–Kier alpha value is -2.36. The van der Waals surface area contributed by atoms with E-state index in [1.54, 1.807) is 31.2 Å². The molecule has 2 aromatic carbocycles. The third kappa shape index (κ3) is 4.94. The van der Waals surface area contributed by atoms with Gasteiger partial charge in [-0.25, -0.2) is 17.8 Å². The SMILES string of the molecule is CCN(CC)CCN(C(=O)c1ccccc1S(=O)(=O)CC)c1nc2c(F)cccc2s1. The van der Waals surface area contributed by atoms with Gasteiger partial charge in [0, 0.05) is 13.1 Å². The summed E-state index contributed by atoms with van der Waals surface area (Å²) < 4.78 is 40.0. The minimum Gasteiger partial charge on any atom is -0.302 e. The summed E-state index contributed by atoms with van der Waals surface area (Å²) in [6, 6.07) is 10.9. The van der Waals surface area contributed by atoms with Gasteiger partial charge in [0.1, 0.15) is 11.3 Å². The molecule has 9 heteroatoms. The Bertz CT molecular complexity index is 1170. The Morgan fingerprint density at radius 2 is 1.74 bits per heavy atom. The van der Waals surface area contributed by atoms with Crippen molar-refractivity contribution in [3.8, 4) is 0 Å². The van der Waals surface area contributed by atoms with Gasteiger partial charge in [0.15, 0.2) is 15.0 Å². The van der Waals surface area contributed by atoms with Gasteiger partial charge in [-0.3, -0.25) is 9.69 Å². The number of para-hydroxylation sites is 1. The third-order valence-corrected chi connectivity index (χ3v) is 8.03. The fourth-order valence-corrected chi connectivity index (χ4v) is 5.39. The fraction of sp³-hybridized carbons (Fsp3) is 0.364. The molecule has 0 saturated carbocycles. The van der Waals surface area contributed by atoms with Gasteiger partial charge >= 0.3 is 0 Å². The number of hydrogen-bond acceptors (Lipinski definition) is 6. The zero-order valence-electron chi connectivity index (χ0n) is 17.8. The molecule has 0 aliphatic heterocycles. The first-order valence-electron chi connectivity index (χ1n) is 10.2. The lowest BCUT2D eigenvalue weighted by atomic mass is 10.2. The summed E-state index contributed by atoms with van der Waals surface area (Å²) in [5.74, 6) is -1.02. The van der Waals surface area contributed by atoms with Crippen LogP contribution in [0.3, 0.4) is 0 Å². The lowest BCUT2D eigenvalue weighted by Gasteiger charge is -2.25. The largest absolute Gasteiger partial charge is 0.302 e. The maximum atomic E-state index is 14.2. The van der Waals surface area contributed by atoms with Crippen LogP contribution in [-0.4, -0.2) is 56.1 Å². The molecule has 3 aromatic rings.